The van der Waals surface area contributed by atoms with Crippen LogP contribution in [-0.2, 0) is 16.6 Å². The summed E-state index contributed by atoms with van der Waals surface area (Å²) in [5.74, 6) is 0.393. The van der Waals surface area contributed by atoms with Crippen LogP contribution in [-0.4, -0.2) is 26.6 Å². The number of hydrogen-bond acceptors (Lipinski definition) is 4. The molecule has 178 valence electrons. The molecule has 0 bridgehead atoms. The Morgan fingerprint density at radius 3 is 2.00 bits per heavy atom. The predicted octanol–water partition coefficient (Wildman–Crippen LogP) is 5.60. The van der Waals surface area contributed by atoms with Gasteiger partial charge >= 0.3 is 0 Å². The van der Waals surface area contributed by atoms with E-state index in [1.165, 1.54) is 4.31 Å². The van der Waals surface area contributed by atoms with Crippen molar-refractivity contribution in [3.8, 4) is 0 Å². The van der Waals surface area contributed by atoms with Crippen LogP contribution in [0, 0.1) is 0 Å². The Bertz CT molecular complexity index is 1350. The van der Waals surface area contributed by atoms with E-state index in [1.54, 1.807) is 66.4 Å². The Labute approximate surface area is 210 Å². The van der Waals surface area contributed by atoms with Crippen molar-refractivity contribution in [2.24, 2.45) is 0 Å². The standard InChI is InChI=1S/C28H26N2O3S2/c31-28(29-20-21-34-24-14-6-2-7-15-24)26-18-10-11-19-27(26)30(22-23-12-4-1-5-13-23)35(32,33)25-16-8-3-9-17-25/h1-19H,20-22H2,(H,29,31). The second-order valence-electron chi connectivity index (χ2n) is 7.74. The summed E-state index contributed by atoms with van der Waals surface area (Å²) >= 11 is 1.65. The number of carbonyl (C=O) groups is 1. The largest absolute Gasteiger partial charge is 0.351 e. The summed E-state index contributed by atoms with van der Waals surface area (Å²) in [6, 6.07) is 34.4. The second kappa shape index (κ2) is 11.7. The average Bonchev–Trinajstić information content (AvgIpc) is 2.91. The molecule has 0 fully saturated rings. The number of anilines is 1. The summed E-state index contributed by atoms with van der Waals surface area (Å²) in [5.41, 5.74) is 1.47. The molecule has 5 nitrogen and oxygen atoms in total. The van der Waals surface area contributed by atoms with Gasteiger partial charge in [-0.05, 0) is 42.0 Å². The normalized spacial score (nSPS) is 11.1. The molecule has 1 amide bonds. The number of nitrogens with zero attached hydrogens (tertiary/aromatic N) is 1. The third-order valence-electron chi connectivity index (χ3n) is 5.32. The molecule has 0 saturated carbocycles. The number of hydrogen-bond donors (Lipinski definition) is 1. The minimum Gasteiger partial charge on any atom is -0.351 e. The number of amides is 1. The van der Waals surface area contributed by atoms with Gasteiger partial charge in [0.05, 0.1) is 22.7 Å². The number of rotatable bonds is 10. The van der Waals surface area contributed by atoms with Gasteiger partial charge in [0, 0.05) is 17.2 Å². The van der Waals surface area contributed by atoms with E-state index in [0.717, 1.165) is 10.5 Å². The van der Waals surface area contributed by atoms with Gasteiger partial charge in [-0.1, -0.05) is 78.9 Å². The second-order valence-corrected chi connectivity index (χ2v) is 10.8. The van der Waals surface area contributed by atoms with Crippen LogP contribution in [0.4, 0.5) is 5.69 Å². The number of sulfonamides is 1. The van der Waals surface area contributed by atoms with E-state index in [9.17, 15) is 13.2 Å². The molecule has 4 aromatic carbocycles. The summed E-state index contributed by atoms with van der Waals surface area (Å²) in [4.78, 5) is 14.5. The van der Waals surface area contributed by atoms with Gasteiger partial charge in [-0.3, -0.25) is 9.10 Å². The summed E-state index contributed by atoms with van der Waals surface area (Å²) in [6.07, 6.45) is 0. The van der Waals surface area contributed by atoms with E-state index >= 15 is 0 Å². The van der Waals surface area contributed by atoms with Crippen molar-refractivity contribution in [2.45, 2.75) is 16.3 Å². The maximum atomic E-state index is 13.7. The van der Waals surface area contributed by atoms with Crippen LogP contribution in [0.25, 0.3) is 0 Å². The first-order chi connectivity index (χ1) is 17.1. The molecule has 0 saturated heterocycles. The SMILES string of the molecule is O=C(NCCSc1ccccc1)c1ccccc1N(Cc1ccccc1)S(=O)(=O)c1ccccc1. The molecule has 35 heavy (non-hydrogen) atoms. The van der Waals surface area contributed by atoms with Gasteiger partial charge in [0.1, 0.15) is 0 Å². The number of nitrogens with one attached hydrogen (secondary N) is 1. The Balaban J connectivity index is 1.60. The molecule has 1 N–H and O–H groups in total. The van der Waals surface area contributed by atoms with Crippen LogP contribution >= 0.6 is 11.8 Å². The molecule has 0 radical (unpaired) electrons. The van der Waals surface area contributed by atoms with Crippen molar-refractivity contribution < 1.29 is 13.2 Å². The van der Waals surface area contributed by atoms with E-state index in [1.807, 2.05) is 60.7 Å². The summed E-state index contributed by atoms with van der Waals surface area (Å²) in [5, 5.41) is 2.94. The molecule has 4 rings (SSSR count). The lowest BCUT2D eigenvalue weighted by Gasteiger charge is -2.26. The highest BCUT2D eigenvalue weighted by molar-refractivity contribution is 7.99. The monoisotopic (exact) mass is 502 g/mol. The van der Waals surface area contributed by atoms with Crippen LogP contribution in [0.3, 0.4) is 0 Å². The molecular formula is C28H26N2O3S2. The molecule has 0 unspecified atom stereocenters. The number of carbonyl (C=O) groups excluding carboxylic acids is 1. The van der Waals surface area contributed by atoms with Gasteiger partial charge < -0.3 is 5.32 Å². The van der Waals surface area contributed by atoms with Crippen molar-refractivity contribution in [3.63, 3.8) is 0 Å². The van der Waals surface area contributed by atoms with Crippen LogP contribution in [0.1, 0.15) is 15.9 Å². The first-order valence-corrected chi connectivity index (χ1v) is 13.6. The van der Waals surface area contributed by atoms with E-state index in [2.05, 4.69) is 5.32 Å². The third-order valence-corrected chi connectivity index (χ3v) is 8.10. The van der Waals surface area contributed by atoms with Gasteiger partial charge in [0.25, 0.3) is 15.9 Å². The Morgan fingerprint density at radius 1 is 0.743 bits per heavy atom. The Hall–Kier alpha value is -3.55. The maximum absolute atomic E-state index is 13.7. The predicted molar refractivity (Wildman–Crippen MR) is 142 cm³/mol. The van der Waals surface area contributed by atoms with Crippen LogP contribution < -0.4 is 9.62 Å². The minimum absolute atomic E-state index is 0.103. The van der Waals surface area contributed by atoms with E-state index in [4.69, 9.17) is 0 Å². The van der Waals surface area contributed by atoms with Crippen LogP contribution in [0.5, 0.6) is 0 Å². The van der Waals surface area contributed by atoms with Crippen molar-refractivity contribution in [1.82, 2.24) is 5.32 Å². The quantitative estimate of drug-likeness (QED) is 0.226. The lowest BCUT2D eigenvalue weighted by molar-refractivity contribution is 0.0957. The Morgan fingerprint density at radius 2 is 1.31 bits per heavy atom. The average molecular weight is 503 g/mol. The molecular weight excluding hydrogens is 476 g/mol. The van der Waals surface area contributed by atoms with Crippen molar-refractivity contribution in [2.75, 3.05) is 16.6 Å². The third kappa shape index (κ3) is 6.32. The zero-order chi connectivity index (χ0) is 24.5. The molecule has 0 aliphatic rings. The van der Waals surface area contributed by atoms with E-state index in [-0.39, 0.29) is 17.3 Å². The van der Waals surface area contributed by atoms with E-state index < -0.39 is 10.0 Å². The highest BCUT2D eigenvalue weighted by atomic mass is 32.2. The minimum atomic E-state index is -3.92. The highest BCUT2D eigenvalue weighted by Crippen LogP contribution is 2.29. The zero-order valence-corrected chi connectivity index (χ0v) is 20.7. The van der Waals surface area contributed by atoms with Gasteiger partial charge in [-0.25, -0.2) is 8.42 Å². The Kier molecular flexibility index (Phi) is 8.23. The van der Waals surface area contributed by atoms with Gasteiger partial charge in [-0.15, -0.1) is 11.8 Å². The van der Waals surface area contributed by atoms with Crippen LogP contribution in [0.2, 0.25) is 0 Å². The van der Waals surface area contributed by atoms with Crippen molar-refractivity contribution in [3.05, 3.63) is 126 Å². The summed E-state index contributed by atoms with van der Waals surface area (Å²) in [7, 11) is -3.92. The first-order valence-electron chi connectivity index (χ1n) is 11.2. The van der Waals surface area contributed by atoms with E-state index in [0.29, 0.717) is 23.5 Å². The van der Waals surface area contributed by atoms with Gasteiger partial charge in [0.2, 0.25) is 0 Å². The smallest absolute Gasteiger partial charge is 0.264 e. The maximum Gasteiger partial charge on any atom is 0.264 e. The summed E-state index contributed by atoms with van der Waals surface area (Å²) in [6.45, 7) is 0.559. The molecule has 0 heterocycles. The molecule has 0 aliphatic carbocycles. The number of benzene rings is 4. The molecule has 0 aromatic heterocycles. The topological polar surface area (TPSA) is 66.5 Å². The van der Waals surface area contributed by atoms with Crippen LogP contribution in [0.15, 0.2) is 125 Å². The summed E-state index contributed by atoms with van der Waals surface area (Å²) < 4.78 is 28.8. The van der Waals surface area contributed by atoms with Crippen molar-refractivity contribution >= 4 is 33.4 Å². The molecule has 7 heteroatoms. The molecule has 0 spiro atoms. The molecule has 4 aromatic rings. The molecule has 0 atom stereocenters. The lowest BCUT2D eigenvalue weighted by atomic mass is 10.1. The zero-order valence-electron chi connectivity index (χ0n) is 19.1. The van der Waals surface area contributed by atoms with Gasteiger partial charge in [0.15, 0.2) is 0 Å². The number of para-hydroxylation sites is 1. The first kappa shape index (κ1) is 24.6. The number of thioether (sulfide) groups is 1. The highest BCUT2D eigenvalue weighted by Gasteiger charge is 2.28. The lowest BCUT2D eigenvalue weighted by Crippen LogP contribution is -2.34. The fraction of sp³-hybridized carbons (Fsp3) is 0.107. The van der Waals surface area contributed by atoms with Gasteiger partial charge in [-0.2, -0.15) is 0 Å². The fourth-order valence-electron chi connectivity index (χ4n) is 3.60. The fourth-order valence-corrected chi connectivity index (χ4v) is 5.88. The van der Waals surface area contributed by atoms with Crippen molar-refractivity contribution in [1.29, 1.82) is 0 Å². The molecule has 0 aliphatic heterocycles.